The number of rotatable bonds is 11. The third-order valence-electron chi connectivity index (χ3n) is 5.56. The molecule has 4 aromatic rings. The quantitative estimate of drug-likeness (QED) is 0.283. The van der Waals surface area contributed by atoms with Crippen molar-refractivity contribution in [3.8, 4) is 11.5 Å². The zero-order valence-corrected chi connectivity index (χ0v) is 19.7. The van der Waals surface area contributed by atoms with Crippen molar-refractivity contribution in [2.24, 2.45) is 0 Å². The summed E-state index contributed by atoms with van der Waals surface area (Å²) in [5, 5.41) is 12.3. The molecule has 0 saturated carbocycles. The largest absolute Gasteiger partial charge is 0.489 e. The maximum absolute atomic E-state index is 13.0. The van der Waals surface area contributed by atoms with Gasteiger partial charge in [0.1, 0.15) is 24.7 Å². The van der Waals surface area contributed by atoms with Crippen LogP contribution >= 0.6 is 0 Å². The second-order valence-corrected chi connectivity index (χ2v) is 8.27. The molecule has 182 valence electrons. The Kier molecular flexibility index (Phi) is 8.33. The Bertz CT molecular complexity index is 1270. The molecule has 0 aromatic heterocycles. The van der Waals surface area contributed by atoms with Crippen molar-refractivity contribution in [3.05, 3.63) is 131 Å². The summed E-state index contributed by atoms with van der Waals surface area (Å²) < 4.78 is 11.6. The van der Waals surface area contributed by atoms with Crippen LogP contribution in [0.25, 0.3) is 0 Å². The lowest BCUT2D eigenvalue weighted by Crippen LogP contribution is -2.30. The topological polar surface area (TPSA) is 84.9 Å². The van der Waals surface area contributed by atoms with Crippen molar-refractivity contribution in [3.63, 3.8) is 0 Å². The monoisotopic (exact) mass is 481 g/mol. The minimum atomic E-state index is -1.01. The van der Waals surface area contributed by atoms with Gasteiger partial charge in [0.05, 0.1) is 12.5 Å². The smallest absolute Gasteiger partial charge is 0.305 e. The molecule has 0 fully saturated rings. The van der Waals surface area contributed by atoms with Gasteiger partial charge in [-0.3, -0.25) is 9.59 Å². The molecule has 0 bridgehead atoms. The van der Waals surface area contributed by atoms with Gasteiger partial charge in [-0.2, -0.15) is 0 Å². The summed E-state index contributed by atoms with van der Waals surface area (Å²) in [5.41, 5.74) is 3.13. The fourth-order valence-electron chi connectivity index (χ4n) is 3.67. The second kappa shape index (κ2) is 12.2. The number of ether oxygens (including phenoxy) is 2. The highest BCUT2D eigenvalue weighted by molar-refractivity contribution is 5.95. The average molecular weight is 482 g/mol. The fourth-order valence-corrected chi connectivity index (χ4v) is 3.67. The number of carboxylic acid groups (broad SMARTS) is 1. The minimum absolute atomic E-state index is 0.250. The van der Waals surface area contributed by atoms with Crippen molar-refractivity contribution in [1.29, 1.82) is 0 Å². The molecular formula is C30H27NO5. The molecular weight excluding hydrogens is 454 g/mol. The minimum Gasteiger partial charge on any atom is -0.489 e. The summed E-state index contributed by atoms with van der Waals surface area (Å²) in [4.78, 5) is 24.5. The van der Waals surface area contributed by atoms with Gasteiger partial charge in [0, 0.05) is 5.56 Å². The van der Waals surface area contributed by atoms with Crippen molar-refractivity contribution in [2.45, 2.75) is 25.7 Å². The summed E-state index contributed by atoms with van der Waals surface area (Å²) in [6.07, 6.45) is -0.250. The Hall–Kier alpha value is -4.58. The fraction of sp³-hybridized carbons (Fsp3) is 0.133. The number of amides is 1. The van der Waals surface area contributed by atoms with Gasteiger partial charge in [-0.25, -0.2) is 0 Å². The van der Waals surface area contributed by atoms with Crippen LogP contribution in [0.3, 0.4) is 0 Å². The summed E-state index contributed by atoms with van der Waals surface area (Å²) in [6.45, 7) is 0.810. The highest BCUT2D eigenvalue weighted by Crippen LogP contribution is 2.23. The Labute approximate surface area is 210 Å². The van der Waals surface area contributed by atoms with Crippen LogP contribution in [-0.2, 0) is 18.0 Å². The van der Waals surface area contributed by atoms with Gasteiger partial charge in [0.15, 0.2) is 0 Å². The summed E-state index contributed by atoms with van der Waals surface area (Å²) >= 11 is 0. The second-order valence-electron chi connectivity index (χ2n) is 8.27. The maximum atomic E-state index is 13.0. The van der Waals surface area contributed by atoms with Crippen LogP contribution in [0.15, 0.2) is 109 Å². The molecule has 0 aliphatic heterocycles. The molecule has 6 nitrogen and oxygen atoms in total. The van der Waals surface area contributed by atoms with E-state index in [-0.39, 0.29) is 12.3 Å². The van der Waals surface area contributed by atoms with Crippen LogP contribution in [0, 0.1) is 0 Å². The first-order valence-electron chi connectivity index (χ1n) is 11.6. The number of hydrogen-bond acceptors (Lipinski definition) is 4. The number of hydrogen-bond donors (Lipinski definition) is 2. The van der Waals surface area contributed by atoms with Crippen LogP contribution in [0.1, 0.15) is 39.5 Å². The van der Waals surface area contributed by atoms with Crippen molar-refractivity contribution < 1.29 is 24.2 Å². The first-order chi connectivity index (χ1) is 17.6. The molecule has 0 heterocycles. The van der Waals surface area contributed by atoms with Gasteiger partial charge < -0.3 is 19.9 Å². The average Bonchev–Trinajstić information content (AvgIpc) is 2.92. The summed E-state index contributed by atoms with van der Waals surface area (Å²) in [7, 11) is 0. The maximum Gasteiger partial charge on any atom is 0.305 e. The molecule has 4 aromatic carbocycles. The van der Waals surface area contributed by atoms with E-state index in [4.69, 9.17) is 9.47 Å². The molecule has 1 atom stereocenters. The zero-order chi connectivity index (χ0) is 25.2. The number of nitrogens with one attached hydrogen (secondary N) is 1. The van der Waals surface area contributed by atoms with Crippen molar-refractivity contribution in [2.75, 3.05) is 0 Å². The highest BCUT2D eigenvalue weighted by Gasteiger charge is 2.19. The predicted molar refractivity (Wildman–Crippen MR) is 137 cm³/mol. The zero-order valence-electron chi connectivity index (χ0n) is 19.7. The van der Waals surface area contributed by atoms with Crippen LogP contribution in [0.5, 0.6) is 11.5 Å². The predicted octanol–water partition coefficient (Wildman–Crippen LogP) is 5.79. The molecule has 1 unspecified atom stereocenters. The molecule has 0 aliphatic rings. The van der Waals surface area contributed by atoms with Crippen LogP contribution in [-0.4, -0.2) is 17.0 Å². The van der Waals surface area contributed by atoms with Gasteiger partial charge in [-0.05, 0) is 47.0 Å². The Morgan fingerprint density at radius 1 is 0.694 bits per heavy atom. The Morgan fingerprint density at radius 2 is 1.28 bits per heavy atom. The lowest BCUT2D eigenvalue weighted by atomic mass is 10.0. The van der Waals surface area contributed by atoms with Gasteiger partial charge in [-0.1, -0.05) is 78.9 Å². The Balaban J connectivity index is 1.40. The third-order valence-corrected chi connectivity index (χ3v) is 5.56. The van der Waals surface area contributed by atoms with E-state index in [0.717, 1.165) is 11.1 Å². The summed E-state index contributed by atoms with van der Waals surface area (Å²) in [5.74, 6) is -0.173. The van der Waals surface area contributed by atoms with E-state index in [1.807, 2.05) is 60.7 Å². The van der Waals surface area contributed by atoms with E-state index < -0.39 is 12.0 Å². The van der Waals surface area contributed by atoms with Gasteiger partial charge >= 0.3 is 5.97 Å². The number of carboxylic acids is 1. The normalized spacial score (nSPS) is 11.3. The lowest BCUT2D eigenvalue weighted by Gasteiger charge is -2.18. The van der Waals surface area contributed by atoms with Crippen LogP contribution < -0.4 is 14.8 Å². The number of aliphatic carboxylic acids is 1. The van der Waals surface area contributed by atoms with Gasteiger partial charge in [-0.15, -0.1) is 0 Å². The summed E-state index contributed by atoms with van der Waals surface area (Å²) in [6, 6.07) is 32.8. The van der Waals surface area contributed by atoms with Crippen molar-refractivity contribution in [1.82, 2.24) is 5.32 Å². The van der Waals surface area contributed by atoms with Gasteiger partial charge in [0.25, 0.3) is 5.91 Å². The van der Waals surface area contributed by atoms with E-state index >= 15 is 0 Å². The molecule has 0 radical (unpaired) electrons. The van der Waals surface area contributed by atoms with Crippen molar-refractivity contribution >= 4 is 11.9 Å². The SMILES string of the molecule is O=C(O)CC(NC(=O)c1cccc(OCc2ccccc2)c1)c1ccc(OCc2ccccc2)cc1. The molecule has 4 rings (SSSR count). The molecule has 6 heteroatoms. The number of carbonyl (C=O) groups excluding carboxylic acids is 1. The van der Waals surface area contributed by atoms with E-state index in [1.165, 1.54) is 0 Å². The first-order valence-corrected chi connectivity index (χ1v) is 11.6. The van der Waals surface area contributed by atoms with E-state index in [2.05, 4.69) is 5.32 Å². The van der Waals surface area contributed by atoms with E-state index in [0.29, 0.717) is 35.8 Å². The molecule has 0 spiro atoms. The van der Waals surface area contributed by atoms with Crippen LogP contribution in [0.4, 0.5) is 0 Å². The molecule has 1 amide bonds. The number of benzene rings is 4. The standard InChI is InChI=1S/C30H27NO5/c32-29(33)19-28(24-14-16-26(17-15-24)35-20-22-8-3-1-4-9-22)31-30(34)25-12-7-13-27(18-25)36-21-23-10-5-2-6-11-23/h1-18,28H,19-21H2,(H,31,34)(H,32,33). The van der Waals surface area contributed by atoms with Crippen LogP contribution in [0.2, 0.25) is 0 Å². The lowest BCUT2D eigenvalue weighted by molar-refractivity contribution is -0.137. The number of carbonyl (C=O) groups is 2. The third kappa shape index (κ3) is 7.21. The first kappa shape index (κ1) is 24.5. The van der Waals surface area contributed by atoms with Gasteiger partial charge in [0.2, 0.25) is 0 Å². The molecule has 0 aliphatic carbocycles. The van der Waals surface area contributed by atoms with E-state index in [1.54, 1.807) is 48.5 Å². The molecule has 2 N–H and O–H groups in total. The molecule has 0 saturated heterocycles. The molecule has 36 heavy (non-hydrogen) atoms. The Morgan fingerprint density at radius 3 is 1.86 bits per heavy atom. The van der Waals surface area contributed by atoms with E-state index in [9.17, 15) is 14.7 Å². The highest BCUT2D eigenvalue weighted by atomic mass is 16.5.